The Hall–Kier alpha value is -6.23. The van der Waals surface area contributed by atoms with E-state index in [9.17, 15) is 67.7 Å². The summed E-state index contributed by atoms with van der Waals surface area (Å²) in [5.41, 5.74) is 0.410. The molecule has 394 valence electrons. The van der Waals surface area contributed by atoms with Gasteiger partial charge in [0.15, 0.2) is 27.0 Å². The van der Waals surface area contributed by atoms with Gasteiger partial charge in [0.2, 0.25) is 0 Å². The smallest absolute Gasteiger partial charge is 0.297 e. The highest BCUT2D eigenvalue weighted by molar-refractivity contribution is 7.95. The zero-order valence-electron chi connectivity index (χ0n) is 35.4. The van der Waals surface area contributed by atoms with E-state index in [1.54, 1.807) is 0 Å². The summed E-state index contributed by atoms with van der Waals surface area (Å²) < 4.78 is 146. The molecule has 11 N–H and O–H groups in total. The number of phenols is 2. The molecule has 0 fully saturated rings. The van der Waals surface area contributed by atoms with Crippen molar-refractivity contribution in [1.29, 1.82) is 0 Å². The van der Waals surface area contributed by atoms with Gasteiger partial charge in [-0.25, -0.2) is 24.2 Å². The fourth-order valence-electron chi connectivity index (χ4n) is 6.32. The molecule has 0 aliphatic rings. The normalized spacial score (nSPS) is 12.9. The summed E-state index contributed by atoms with van der Waals surface area (Å²) in [5.74, 6) is -3.09. The van der Waals surface area contributed by atoms with Crippen LogP contribution < -0.4 is 5.73 Å². The molecule has 0 aromatic heterocycles. The summed E-state index contributed by atoms with van der Waals surface area (Å²) in [6.07, 6.45) is 0. The summed E-state index contributed by atoms with van der Waals surface area (Å²) in [6, 6.07) is 9.37. The van der Waals surface area contributed by atoms with Crippen molar-refractivity contribution >= 4 is 143 Å². The molecular weight excluding hydrogens is 1140 g/mol. The zero-order chi connectivity index (χ0) is 54.5. The van der Waals surface area contributed by atoms with Crippen molar-refractivity contribution in [2.45, 2.75) is 34.3 Å². The third-order valence-electron chi connectivity index (χ3n) is 9.34. The van der Waals surface area contributed by atoms with Gasteiger partial charge < -0.3 is 21.1 Å². The van der Waals surface area contributed by atoms with Crippen LogP contribution in [0.1, 0.15) is 0 Å². The van der Waals surface area contributed by atoms with Crippen molar-refractivity contribution in [1.82, 2.24) is 0 Å². The Kier molecular flexibility index (Phi) is 17.8. The van der Waals surface area contributed by atoms with E-state index in [1.165, 1.54) is 6.07 Å². The van der Waals surface area contributed by atoms with E-state index in [2.05, 4.69) is 58.8 Å². The molecule has 0 unspecified atom stereocenters. The van der Waals surface area contributed by atoms with E-state index in [4.69, 9.17) is 26.6 Å². The summed E-state index contributed by atoms with van der Waals surface area (Å²) >= 11 is 0.542. The first-order chi connectivity index (χ1) is 34.8. The molecule has 40 heteroatoms. The number of phenolic OH excluding ortho intramolecular Hbond substituents is 2. The van der Waals surface area contributed by atoms with Crippen LogP contribution in [-0.2, 0) is 68.3 Å². The molecule has 0 aliphatic carbocycles. The monoisotopic (exact) mass is 1170 g/mol. The highest BCUT2D eigenvalue weighted by Gasteiger charge is 2.30. The third-order valence-corrected chi connectivity index (χ3v) is 15.6. The molecule has 0 heterocycles. The Morgan fingerprint density at radius 3 is 1.76 bits per heavy atom. The second kappa shape index (κ2) is 23.1. The lowest BCUT2D eigenvalue weighted by atomic mass is 10.0. The fourth-order valence-corrected chi connectivity index (χ4v) is 11.0. The van der Waals surface area contributed by atoms with Gasteiger partial charge in [-0.2, -0.15) is 25.3 Å². The number of nitrogens with zero attached hydrogens (tertiary/aromatic N) is 7. The number of hydrogen-bond acceptors (Lipinski definition) is 32. The highest BCUT2D eigenvalue weighted by Crippen LogP contribution is 2.51. The number of benzene rings is 6. The largest absolute Gasteiger partial charge is 0.505 e. The van der Waals surface area contributed by atoms with Crippen molar-refractivity contribution in [3.63, 3.8) is 0 Å². The van der Waals surface area contributed by atoms with E-state index in [0.717, 1.165) is 48.5 Å². The number of aliphatic hydroxyl groups is 1. The van der Waals surface area contributed by atoms with Gasteiger partial charge in [-0.3, -0.25) is 23.8 Å². The van der Waals surface area contributed by atoms with Crippen LogP contribution in [0.2, 0.25) is 0 Å². The number of nitrogen functional groups attached to an aromatic ring is 1. The van der Waals surface area contributed by atoms with Crippen LogP contribution in [0.15, 0.2) is 132 Å². The number of nitro groups is 1. The first kappa shape index (κ1) is 57.1. The summed E-state index contributed by atoms with van der Waals surface area (Å²) in [4.78, 5) is 5.95. The quantitative estimate of drug-likeness (QED) is 0.00586. The topological polar surface area (TPSA) is 517 Å². The molecule has 0 saturated heterocycles. The Morgan fingerprint density at radius 2 is 1.15 bits per heavy atom. The van der Waals surface area contributed by atoms with E-state index >= 15 is 0 Å². The number of fused-ring (bicyclic) bond motifs is 2. The maximum absolute atomic E-state index is 13.0. The van der Waals surface area contributed by atoms with Gasteiger partial charge in [-0.15, -0.1) is 43.7 Å². The predicted molar refractivity (Wildman–Crippen MR) is 248 cm³/mol. The first-order valence-corrected chi connectivity index (χ1v) is 26.8. The number of aliphatic hydroxyl groups excluding tert-OH is 1. The molecule has 0 radical (unpaired) electrons. The molecule has 6 rings (SSSR count). The Balaban J connectivity index is 1.54. The molecule has 0 amide bonds. The van der Waals surface area contributed by atoms with Gasteiger partial charge in [0.05, 0.1) is 79.2 Å². The lowest BCUT2D eigenvalue weighted by Gasteiger charge is -2.15. The van der Waals surface area contributed by atoms with Crippen LogP contribution in [0, 0.1) is 10.1 Å². The molecule has 6 aromatic carbocycles. The maximum Gasteiger partial charge on any atom is 0.297 e. The van der Waals surface area contributed by atoms with Crippen molar-refractivity contribution in [2.24, 2.45) is 30.7 Å². The van der Waals surface area contributed by atoms with Gasteiger partial charge in [-0.1, -0.05) is 15.1 Å². The zero-order valence-corrected chi connectivity index (χ0v) is 41.1. The Morgan fingerprint density at radius 1 is 0.581 bits per heavy atom. The van der Waals surface area contributed by atoms with Crippen LogP contribution >= 0.6 is 36.1 Å². The number of sulfone groups is 1. The third kappa shape index (κ3) is 12.6. The number of nitro benzene ring substituents is 1. The molecular formula is C34H26N8O25S7. The lowest BCUT2D eigenvalue weighted by molar-refractivity contribution is -0.432. The van der Waals surface area contributed by atoms with Crippen molar-refractivity contribution in [3.8, 4) is 11.5 Å². The van der Waals surface area contributed by atoms with Gasteiger partial charge in [0.25, 0.3) is 36.0 Å². The van der Waals surface area contributed by atoms with E-state index < -0.39 is 155 Å². The number of anilines is 1. The fraction of sp³-hybridized carbons (Fsp3) is 0.0588. The maximum atomic E-state index is 13.0. The summed E-state index contributed by atoms with van der Waals surface area (Å²) in [5, 5.41) is 100. The number of hydrogen-bond donors (Lipinski definition) is 10. The summed E-state index contributed by atoms with van der Waals surface area (Å²) in [6.45, 7) is -0.772. The van der Waals surface area contributed by atoms with Crippen LogP contribution in [0.3, 0.4) is 0 Å². The number of azo groups is 3. The molecule has 0 aliphatic heterocycles. The standard InChI is InChI=1S/C34H26N8O25S7/c35-29-22(13-26(72(53,54)55)18-11-25(70-67-64-50)30(33(45)28(18)29)40-36-19-4-1-14(68-65-62-48)9-23(19)42(46)47)39-38-21-6-3-16-17(34(21)74(59,60)61)12-27(73(56,57)58)31(32(16)44)41-37-20-5-2-15(71(51,52)8-7-43)10-24(20)69-66-63-49/h1-6,9-13,43-45,48-50H,7-8,35H2,(H,53,54,55)(H,56,57,58)(H,59,60,61). The minimum Gasteiger partial charge on any atom is -0.505 e. The van der Waals surface area contributed by atoms with Crippen LogP contribution in [0.4, 0.5) is 45.5 Å². The molecule has 0 bridgehead atoms. The number of nitrogens with two attached hydrogens (primary N) is 1. The molecule has 33 nitrogen and oxygen atoms in total. The van der Waals surface area contributed by atoms with E-state index in [-0.39, 0.29) is 39.6 Å². The lowest BCUT2D eigenvalue weighted by Crippen LogP contribution is -2.10. The second-order valence-corrected chi connectivity index (χ2v) is 22.2. The van der Waals surface area contributed by atoms with Crippen LogP contribution in [0.5, 0.6) is 11.5 Å². The first-order valence-electron chi connectivity index (χ1n) is 18.6. The van der Waals surface area contributed by atoms with Crippen LogP contribution in [0.25, 0.3) is 21.5 Å². The molecule has 6 aromatic rings. The van der Waals surface area contributed by atoms with Gasteiger partial charge >= 0.3 is 0 Å². The minimum atomic E-state index is -5.64. The van der Waals surface area contributed by atoms with Crippen molar-refractivity contribution in [2.75, 3.05) is 18.1 Å². The van der Waals surface area contributed by atoms with E-state index in [1.807, 2.05) is 0 Å². The Labute approximate surface area is 424 Å². The Bertz CT molecular complexity index is 3790. The van der Waals surface area contributed by atoms with Gasteiger partial charge in [0, 0.05) is 27.1 Å². The van der Waals surface area contributed by atoms with Crippen molar-refractivity contribution < 1.29 is 111 Å². The van der Waals surface area contributed by atoms with Crippen LogP contribution in [-0.4, -0.2) is 95.7 Å². The summed E-state index contributed by atoms with van der Waals surface area (Å²) in [7, 11) is -20.7. The van der Waals surface area contributed by atoms with Crippen molar-refractivity contribution in [3.05, 3.63) is 76.8 Å². The number of aromatic hydroxyl groups is 2. The average Bonchev–Trinajstić information content (AvgIpc) is 3.32. The highest BCUT2D eigenvalue weighted by atomic mass is 32.2. The second-order valence-electron chi connectivity index (χ2n) is 13.7. The average molecular weight is 1170 g/mol. The van der Waals surface area contributed by atoms with E-state index in [0.29, 0.717) is 24.2 Å². The molecule has 74 heavy (non-hydrogen) atoms. The molecule has 0 atom stereocenters. The minimum absolute atomic E-state index is 0.00767. The number of rotatable bonds is 22. The SMILES string of the molecule is Nc1c(N=Nc2ccc3c(O)c(N=Nc4ccc(S(=O)(=O)CCO)cc4SOOO)c(S(=O)(=O)O)cc3c2S(=O)(=O)O)cc(S(=O)(=O)O)c2cc(SOOO)c(N=Nc3ccc(SOOO)cc3[N+](=O)[O-])c(O)c12. The molecule has 0 spiro atoms. The molecule has 0 saturated carbocycles. The predicted octanol–water partition coefficient (Wildman–Crippen LogP) is 7.93. The van der Waals surface area contributed by atoms with Gasteiger partial charge in [-0.05, 0) is 60.7 Å². The van der Waals surface area contributed by atoms with Gasteiger partial charge in [0.1, 0.15) is 43.1 Å².